The Kier molecular flexibility index (Phi) is 5.30. The number of alkyl halides is 2. The molecule has 7 nitrogen and oxygen atoms in total. The fourth-order valence-electron chi connectivity index (χ4n) is 5.12. The molecule has 0 spiro atoms. The Hall–Kier alpha value is -3.49. The number of amides is 2. The minimum atomic E-state index is -3.34. The summed E-state index contributed by atoms with van der Waals surface area (Å²) in [5.74, 6) is -8.89. The molecule has 3 aliphatic rings. The van der Waals surface area contributed by atoms with Crippen molar-refractivity contribution in [2.45, 2.75) is 36.6 Å². The van der Waals surface area contributed by atoms with Gasteiger partial charge in [0.05, 0.1) is 5.92 Å². The molecule has 0 radical (unpaired) electrons. The summed E-state index contributed by atoms with van der Waals surface area (Å²) < 4.78 is 32.7. The van der Waals surface area contributed by atoms with Crippen molar-refractivity contribution in [1.29, 1.82) is 0 Å². The number of fused-ring (bicyclic) bond motifs is 3. The van der Waals surface area contributed by atoms with E-state index in [0.717, 1.165) is 22.3 Å². The van der Waals surface area contributed by atoms with Gasteiger partial charge < -0.3 is 20.5 Å². The van der Waals surface area contributed by atoms with Crippen molar-refractivity contribution in [1.82, 2.24) is 10.6 Å². The number of ether oxygens (including phenoxy) is 1. The van der Waals surface area contributed by atoms with Gasteiger partial charge in [0.1, 0.15) is 18.1 Å². The van der Waals surface area contributed by atoms with Gasteiger partial charge in [0.25, 0.3) is 5.92 Å². The molecule has 3 aliphatic carbocycles. The third-order valence-corrected chi connectivity index (χ3v) is 7.28. The number of halogens is 2. The van der Waals surface area contributed by atoms with Gasteiger partial charge in [0, 0.05) is 12.5 Å². The van der Waals surface area contributed by atoms with E-state index in [4.69, 9.17) is 9.84 Å². The minimum Gasteiger partial charge on any atom is -0.481 e. The van der Waals surface area contributed by atoms with Crippen molar-refractivity contribution in [2.24, 2.45) is 11.8 Å². The van der Waals surface area contributed by atoms with Crippen molar-refractivity contribution >= 4 is 18.0 Å². The van der Waals surface area contributed by atoms with E-state index in [1.54, 1.807) is 0 Å². The second kappa shape index (κ2) is 8.07. The third kappa shape index (κ3) is 3.59. The smallest absolute Gasteiger partial charge is 0.408 e. The summed E-state index contributed by atoms with van der Waals surface area (Å²) in [7, 11) is 0. The zero-order valence-corrected chi connectivity index (χ0v) is 18.2. The third-order valence-electron chi connectivity index (χ3n) is 7.28. The molecule has 2 atom stereocenters. The maximum Gasteiger partial charge on any atom is 0.408 e. The number of nitrogens with one attached hydrogen (secondary N) is 2. The zero-order chi connectivity index (χ0) is 24.1. The molecule has 0 heterocycles. The molecule has 2 fully saturated rings. The van der Waals surface area contributed by atoms with Crippen LogP contribution in [0.3, 0.4) is 0 Å². The Balaban J connectivity index is 1.20. The van der Waals surface area contributed by atoms with Crippen LogP contribution in [0.1, 0.15) is 36.3 Å². The number of benzene rings is 2. The van der Waals surface area contributed by atoms with Gasteiger partial charge in [-0.15, -0.1) is 0 Å². The molecule has 2 aromatic rings. The number of rotatable bonds is 7. The zero-order valence-electron chi connectivity index (χ0n) is 18.2. The van der Waals surface area contributed by atoms with E-state index in [1.165, 1.54) is 0 Å². The molecular weight excluding hydrogens is 446 g/mol. The van der Waals surface area contributed by atoms with Crippen LogP contribution in [0.4, 0.5) is 13.6 Å². The van der Waals surface area contributed by atoms with Crippen LogP contribution in [0, 0.1) is 11.8 Å². The summed E-state index contributed by atoms with van der Waals surface area (Å²) in [5.41, 5.74) is 3.08. The van der Waals surface area contributed by atoms with Crippen LogP contribution in [0.25, 0.3) is 11.1 Å². The van der Waals surface area contributed by atoms with Gasteiger partial charge in [-0.05, 0) is 41.5 Å². The number of hydrogen-bond donors (Lipinski definition) is 3. The highest BCUT2D eigenvalue weighted by Crippen LogP contribution is 2.55. The van der Waals surface area contributed by atoms with E-state index in [1.807, 2.05) is 48.5 Å². The average Bonchev–Trinajstić information content (AvgIpc) is 3.20. The highest BCUT2D eigenvalue weighted by molar-refractivity contribution is 5.91. The Morgan fingerprint density at radius 1 is 1.00 bits per heavy atom. The van der Waals surface area contributed by atoms with Gasteiger partial charge in [0.15, 0.2) is 0 Å². The van der Waals surface area contributed by atoms with Crippen molar-refractivity contribution in [3.05, 3.63) is 59.7 Å². The molecule has 0 saturated heterocycles. The first-order valence-corrected chi connectivity index (χ1v) is 11.3. The molecule has 3 N–H and O–H groups in total. The Morgan fingerprint density at radius 2 is 1.59 bits per heavy atom. The van der Waals surface area contributed by atoms with Crippen LogP contribution >= 0.6 is 0 Å². The van der Waals surface area contributed by atoms with Gasteiger partial charge in [-0.3, -0.25) is 9.59 Å². The molecular formula is C25H24F2N2O5. The summed E-state index contributed by atoms with van der Waals surface area (Å²) in [4.78, 5) is 36.2. The summed E-state index contributed by atoms with van der Waals surface area (Å²) in [6, 6.07) is 15.8. The molecule has 178 valence electrons. The van der Waals surface area contributed by atoms with Gasteiger partial charge in [0.2, 0.25) is 5.91 Å². The number of aliphatic carboxylic acids is 1. The molecule has 9 heteroatoms. The SMILES string of the molecule is O=C(NC1(C(=O)NC[C@H]2[C@@H](C(=O)O)C2(F)F)CCC1)OCC1c2ccccc2-c2ccccc21. The molecule has 0 aliphatic heterocycles. The van der Waals surface area contributed by atoms with Crippen molar-refractivity contribution in [3.8, 4) is 11.1 Å². The van der Waals surface area contributed by atoms with Crippen LogP contribution in [-0.4, -0.2) is 47.7 Å². The first-order valence-electron chi connectivity index (χ1n) is 11.3. The predicted octanol–water partition coefficient (Wildman–Crippen LogP) is 3.53. The van der Waals surface area contributed by atoms with E-state index in [2.05, 4.69) is 10.6 Å². The second-order valence-corrected chi connectivity index (χ2v) is 9.19. The van der Waals surface area contributed by atoms with Gasteiger partial charge >= 0.3 is 12.1 Å². The molecule has 2 saturated carbocycles. The summed E-state index contributed by atoms with van der Waals surface area (Å²) in [6.07, 6.45) is 0.643. The lowest BCUT2D eigenvalue weighted by Gasteiger charge is -2.40. The number of carbonyl (C=O) groups excluding carboxylic acids is 2. The molecule has 2 aromatic carbocycles. The first-order chi connectivity index (χ1) is 16.2. The standard InChI is InChI=1S/C25H24F2N2O5/c26-25(27)19(20(25)21(30)31)12-28-22(32)24(10-5-11-24)29-23(33)34-13-18-16-8-3-1-6-14(16)15-7-2-4-9-17(15)18/h1-4,6-9,18-20H,5,10-13H2,(H,28,32)(H,29,33)(H,30,31)/t19-,20-/m0/s1. The lowest BCUT2D eigenvalue weighted by molar-refractivity contribution is -0.141. The van der Waals surface area contributed by atoms with Crippen LogP contribution in [0.5, 0.6) is 0 Å². The first kappa shape index (κ1) is 22.3. The molecule has 0 unspecified atom stereocenters. The largest absolute Gasteiger partial charge is 0.481 e. The summed E-state index contributed by atoms with van der Waals surface area (Å²) in [6.45, 7) is -0.372. The minimum absolute atomic E-state index is 0.0894. The quantitative estimate of drug-likeness (QED) is 0.574. The number of carbonyl (C=O) groups is 3. The van der Waals surface area contributed by atoms with E-state index >= 15 is 0 Å². The molecule has 0 bridgehead atoms. The number of carboxylic acid groups (broad SMARTS) is 1. The molecule has 0 aromatic heterocycles. The number of carboxylic acids is 1. The van der Waals surface area contributed by atoms with Crippen molar-refractivity contribution in [3.63, 3.8) is 0 Å². The van der Waals surface area contributed by atoms with Gasteiger partial charge in [-0.2, -0.15) is 0 Å². The lowest BCUT2D eigenvalue weighted by Crippen LogP contribution is -2.63. The topological polar surface area (TPSA) is 105 Å². The van der Waals surface area contributed by atoms with Crippen LogP contribution in [0.2, 0.25) is 0 Å². The second-order valence-electron chi connectivity index (χ2n) is 9.19. The van der Waals surface area contributed by atoms with E-state index < -0.39 is 47.8 Å². The maximum atomic E-state index is 13.6. The fraction of sp³-hybridized carbons (Fsp3) is 0.400. The molecule has 34 heavy (non-hydrogen) atoms. The van der Waals surface area contributed by atoms with E-state index in [9.17, 15) is 23.2 Å². The van der Waals surface area contributed by atoms with E-state index in [-0.39, 0.29) is 12.5 Å². The highest BCUT2D eigenvalue weighted by atomic mass is 19.3. The predicted molar refractivity (Wildman–Crippen MR) is 117 cm³/mol. The Labute approximate surface area is 194 Å². The van der Waals surface area contributed by atoms with E-state index in [0.29, 0.717) is 19.3 Å². The summed E-state index contributed by atoms with van der Waals surface area (Å²) in [5, 5.41) is 13.9. The fourth-order valence-corrected chi connectivity index (χ4v) is 5.12. The number of hydrogen-bond acceptors (Lipinski definition) is 4. The monoisotopic (exact) mass is 470 g/mol. The molecule has 5 rings (SSSR count). The highest BCUT2D eigenvalue weighted by Gasteiger charge is 2.72. The van der Waals surface area contributed by atoms with Gasteiger partial charge in [-0.25, -0.2) is 13.6 Å². The van der Waals surface area contributed by atoms with Gasteiger partial charge in [-0.1, -0.05) is 48.5 Å². The van der Waals surface area contributed by atoms with Crippen molar-refractivity contribution < 1.29 is 33.0 Å². The number of alkyl carbamates (subject to hydrolysis) is 1. The normalized spacial score (nSPS) is 23.1. The van der Waals surface area contributed by atoms with Crippen LogP contribution in [-0.2, 0) is 14.3 Å². The summed E-state index contributed by atoms with van der Waals surface area (Å²) >= 11 is 0. The maximum absolute atomic E-state index is 13.6. The Morgan fingerprint density at radius 3 is 2.09 bits per heavy atom. The average molecular weight is 470 g/mol. The van der Waals surface area contributed by atoms with Crippen molar-refractivity contribution in [2.75, 3.05) is 13.2 Å². The Bertz CT molecular complexity index is 1120. The van der Waals surface area contributed by atoms with Crippen LogP contribution < -0.4 is 10.6 Å². The molecule has 2 amide bonds. The lowest BCUT2D eigenvalue weighted by atomic mass is 9.76. The van der Waals surface area contributed by atoms with Crippen LogP contribution in [0.15, 0.2) is 48.5 Å².